The molecule has 76 valence electrons. The Bertz CT molecular complexity index is 182. The van der Waals surface area contributed by atoms with Crippen LogP contribution in [0.25, 0.3) is 0 Å². The summed E-state index contributed by atoms with van der Waals surface area (Å²) >= 11 is 0. The quantitative estimate of drug-likeness (QED) is 0.528. The number of unbranched alkanes of at least 4 members (excludes halogenated alkanes) is 1. The van der Waals surface area contributed by atoms with E-state index >= 15 is 0 Å². The highest BCUT2D eigenvalue weighted by molar-refractivity contribution is 5.96. The zero-order valence-electron chi connectivity index (χ0n) is 8.09. The summed E-state index contributed by atoms with van der Waals surface area (Å²) in [6.45, 7) is 4.52. The van der Waals surface area contributed by atoms with Gasteiger partial charge in [-0.25, -0.2) is 4.79 Å². The fourth-order valence-corrected chi connectivity index (χ4v) is 0.818. The second-order valence-electron chi connectivity index (χ2n) is 2.88. The van der Waals surface area contributed by atoms with Gasteiger partial charge in [0.05, 0.1) is 6.04 Å². The maximum atomic E-state index is 11.1. The van der Waals surface area contributed by atoms with E-state index in [1.165, 1.54) is 0 Å². The smallest absolute Gasteiger partial charge is 0.318 e. The van der Waals surface area contributed by atoms with Gasteiger partial charge in [-0.05, 0) is 19.9 Å². The first-order valence-corrected chi connectivity index (χ1v) is 4.41. The van der Waals surface area contributed by atoms with Gasteiger partial charge in [-0.1, -0.05) is 13.3 Å². The summed E-state index contributed by atoms with van der Waals surface area (Å²) in [4.78, 5) is 21.4. The lowest BCUT2D eigenvalue weighted by molar-refractivity contribution is -0.121. The van der Waals surface area contributed by atoms with Crippen molar-refractivity contribution >= 4 is 11.9 Å². The van der Waals surface area contributed by atoms with E-state index in [2.05, 4.69) is 12.2 Å². The molecule has 0 bridgehead atoms. The van der Waals surface area contributed by atoms with Gasteiger partial charge in [0.15, 0.2) is 0 Å². The zero-order valence-corrected chi connectivity index (χ0v) is 8.09. The Morgan fingerprint density at radius 3 is 2.54 bits per heavy atom. The van der Waals surface area contributed by atoms with E-state index in [0.717, 1.165) is 19.4 Å². The van der Waals surface area contributed by atoms with E-state index in [0.29, 0.717) is 0 Å². The molecule has 0 aliphatic heterocycles. The number of imide groups is 1. The highest BCUT2D eigenvalue weighted by atomic mass is 16.2. The van der Waals surface area contributed by atoms with E-state index in [-0.39, 0.29) is 11.9 Å². The largest absolute Gasteiger partial charge is 0.351 e. The predicted octanol–water partition coefficient (Wildman–Crippen LogP) is -0.0405. The van der Waals surface area contributed by atoms with E-state index in [1.807, 2.05) is 5.32 Å². The molecule has 0 aromatic heterocycles. The van der Waals surface area contributed by atoms with Gasteiger partial charge in [-0.2, -0.15) is 0 Å². The topological polar surface area (TPSA) is 84.2 Å². The first-order chi connectivity index (χ1) is 6.07. The summed E-state index contributed by atoms with van der Waals surface area (Å²) in [7, 11) is 0. The van der Waals surface area contributed by atoms with Crippen LogP contribution in [0.5, 0.6) is 0 Å². The number of rotatable bonds is 5. The first kappa shape index (κ1) is 11.9. The normalized spacial score (nSPS) is 12.2. The van der Waals surface area contributed by atoms with Gasteiger partial charge in [0, 0.05) is 0 Å². The van der Waals surface area contributed by atoms with Gasteiger partial charge < -0.3 is 11.1 Å². The minimum atomic E-state index is -0.811. The molecule has 0 fully saturated rings. The Kier molecular flexibility index (Phi) is 5.88. The molecule has 5 nitrogen and oxygen atoms in total. The highest BCUT2D eigenvalue weighted by Crippen LogP contribution is 1.86. The summed E-state index contributed by atoms with van der Waals surface area (Å²) in [6, 6.07) is -1.19. The van der Waals surface area contributed by atoms with Crippen molar-refractivity contribution < 1.29 is 9.59 Å². The predicted molar refractivity (Wildman–Crippen MR) is 50.1 cm³/mol. The van der Waals surface area contributed by atoms with Crippen LogP contribution in [0, 0.1) is 0 Å². The molecule has 3 amide bonds. The molecule has 0 saturated heterocycles. The molecule has 0 aromatic carbocycles. The molecular weight excluding hydrogens is 170 g/mol. The fraction of sp³-hybridized carbons (Fsp3) is 0.750. The van der Waals surface area contributed by atoms with Crippen LogP contribution in [0.4, 0.5) is 4.79 Å². The van der Waals surface area contributed by atoms with Gasteiger partial charge in [0.25, 0.3) is 0 Å². The lowest BCUT2D eigenvalue weighted by atomic mass is 10.3. The van der Waals surface area contributed by atoms with Crippen LogP contribution < -0.4 is 16.4 Å². The Morgan fingerprint density at radius 1 is 1.46 bits per heavy atom. The third-order valence-electron chi connectivity index (χ3n) is 1.62. The molecule has 0 aliphatic rings. The summed E-state index contributed by atoms with van der Waals surface area (Å²) in [5.41, 5.74) is 4.79. The number of hydrogen-bond acceptors (Lipinski definition) is 3. The second kappa shape index (κ2) is 6.42. The number of hydrogen-bond donors (Lipinski definition) is 3. The van der Waals surface area contributed by atoms with Crippen LogP contribution in [-0.4, -0.2) is 24.5 Å². The number of nitrogens with two attached hydrogens (primary N) is 1. The lowest BCUT2D eigenvalue weighted by Gasteiger charge is -2.11. The van der Waals surface area contributed by atoms with E-state index in [9.17, 15) is 9.59 Å². The van der Waals surface area contributed by atoms with Crippen molar-refractivity contribution in [1.82, 2.24) is 10.6 Å². The first-order valence-electron chi connectivity index (χ1n) is 4.41. The number of amides is 3. The summed E-state index contributed by atoms with van der Waals surface area (Å²) in [5, 5.41) is 4.98. The van der Waals surface area contributed by atoms with Gasteiger partial charge in [-0.3, -0.25) is 10.1 Å². The molecule has 0 rings (SSSR count). The molecule has 0 spiro atoms. The number of carbonyl (C=O) groups excluding carboxylic acids is 2. The summed E-state index contributed by atoms with van der Waals surface area (Å²) in [5.74, 6) is -0.386. The zero-order chi connectivity index (χ0) is 10.3. The minimum Gasteiger partial charge on any atom is -0.351 e. The van der Waals surface area contributed by atoms with Crippen LogP contribution in [0.1, 0.15) is 26.7 Å². The Balaban J connectivity index is 3.63. The van der Waals surface area contributed by atoms with Crippen LogP contribution in [0.15, 0.2) is 0 Å². The Labute approximate surface area is 78.1 Å². The molecule has 5 heteroatoms. The summed E-state index contributed by atoms with van der Waals surface area (Å²) in [6.07, 6.45) is 2.07. The third-order valence-corrected chi connectivity index (χ3v) is 1.62. The molecule has 0 aliphatic carbocycles. The summed E-state index contributed by atoms with van der Waals surface area (Å²) < 4.78 is 0. The Hall–Kier alpha value is -1.10. The van der Waals surface area contributed by atoms with Crippen molar-refractivity contribution in [3.05, 3.63) is 0 Å². The average Bonchev–Trinajstić information content (AvgIpc) is 2.03. The van der Waals surface area contributed by atoms with Gasteiger partial charge in [-0.15, -0.1) is 0 Å². The molecule has 13 heavy (non-hydrogen) atoms. The fourth-order valence-electron chi connectivity index (χ4n) is 0.818. The van der Waals surface area contributed by atoms with E-state index in [1.54, 1.807) is 6.92 Å². The number of nitrogens with one attached hydrogen (secondary N) is 2. The van der Waals surface area contributed by atoms with Gasteiger partial charge in [0.1, 0.15) is 0 Å². The van der Waals surface area contributed by atoms with Crippen LogP contribution in [0.2, 0.25) is 0 Å². The Morgan fingerprint density at radius 2 is 2.08 bits per heavy atom. The third kappa shape index (κ3) is 6.10. The van der Waals surface area contributed by atoms with Crippen molar-refractivity contribution in [2.24, 2.45) is 5.73 Å². The van der Waals surface area contributed by atoms with Crippen molar-refractivity contribution in [3.8, 4) is 0 Å². The monoisotopic (exact) mass is 187 g/mol. The average molecular weight is 187 g/mol. The molecule has 0 radical (unpaired) electrons. The van der Waals surface area contributed by atoms with Crippen molar-refractivity contribution in [1.29, 1.82) is 0 Å². The molecule has 0 aromatic rings. The second-order valence-corrected chi connectivity index (χ2v) is 2.88. The number of primary amides is 1. The van der Waals surface area contributed by atoms with Gasteiger partial charge in [0.2, 0.25) is 5.91 Å². The number of urea groups is 1. The molecule has 4 N–H and O–H groups in total. The van der Waals surface area contributed by atoms with Crippen molar-refractivity contribution in [2.45, 2.75) is 32.7 Å². The van der Waals surface area contributed by atoms with Crippen molar-refractivity contribution in [2.75, 3.05) is 6.54 Å². The SMILES string of the molecule is CCCCNC(C)C(=O)NC(N)=O. The van der Waals surface area contributed by atoms with E-state index < -0.39 is 6.03 Å². The van der Waals surface area contributed by atoms with Crippen LogP contribution >= 0.6 is 0 Å². The molecule has 0 heterocycles. The minimum absolute atomic E-state index is 0.376. The molecular formula is C8H17N3O2. The highest BCUT2D eigenvalue weighted by Gasteiger charge is 2.12. The van der Waals surface area contributed by atoms with Crippen molar-refractivity contribution in [3.63, 3.8) is 0 Å². The van der Waals surface area contributed by atoms with Crippen LogP contribution in [0.3, 0.4) is 0 Å². The van der Waals surface area contributed by atoms with Crippen LogP contribution in [-0.2, 0) is 4.79 Å². The van der Waals surface area contributed by atoms with Gasteiger partial charge >= 0.3 is 6.03 Å². The standard InChI is InChI=1S/C8H17N3O2/c1-3-4-5-10-6(2)7(12)11-8(9)13/h6,10H,3-5H2,1-2H3,(H3,9,11,12,13). The lowest BCUT2D eigenvalue weighted by Crippen LogP contribution is -2.46. The molecule has 0 saturated carbocycles. The maximum Gasteiger partial charge on any atom is 0.318 e. The molecule has 1 unspecified atom stereocenters. The maximum absolute atomic E-state index is 11.1. The van der Waals surface area contributed by atoms with E-state index in [4.69, 9.17) is 5.73 Å². The molecule has 1 atom stereocenters. The number of carbonyl (C=O) groups is 2.